The van der Waals surface area contributed by atoms with Crippen molar-refractivity contribution in [2.24, 2.45) is 0 Å². The van der Waals surface area contributed by atoms with Gasteiger partial charge in [0.1, 0.15) is 17.3 Å². The highest BCUT2D eigenvalue weighted by Gasteiger charge is 2.72. The van der Waals surface area contributed by atoms with Gasteiger partial charge in [-0.25, -0.2) is 0 Å². The third-order valence-corrected chi connectivity index (χ3v) is 5.06. The van der Waals surface area contributed by atoms with Crippen LogP contribution in [0.3, 0.4) is 0 Å². The molecule has 2 rings (SSSR count). The summed E-state index contributed by atoms with van der Waals surface area (Å²) >= 11 is 0. The van der Waals surface area contributed by atoms with Crippen LogP contribution in [-0.4, -0.2) is 63.8 Å². The zero-order valence-corrected chi connectivity index (χ0v) is 13.6. The van der Waals surface area contributed by atoms with Crippen molar-refractivity contribution in [3.8, 4) is 0 Å². The number of hydrogen-bond acceptors (Lipinski definition) is 6. The third kappa shape index (κ3) is 2.34. The summed E-state index contributed by atoms with van der Waals surface area (Å²) in [6, 6.07) is 0. The van der Waals surface area contributed by atoms with E-state index in [1.54, 1.807) is 0 Å². The Hall–Kier alpha value is -0.790. The number of allylic oxidation sites excluding steroid dienone is 1. The summed E-state index contributed by atoms with van der Waals surface area (Å²) in [5.74, 6) is -0.321. The predicted molar refractivity (Wildman–Crippen MR) is 79.3 cm³/mol. The lowest BCUT2D eigenvalue weighted by Gasteiger charge is -2.60. The molecule has 1 heterocycles. The molecule has 126 valence electrons. The molecule has 1 saturated heterocycles. The maximum absolute atomic E-state index is 12.1. The molecule has 0 bridgehead atoms. The molecule has 2 fully saturated rings. The maximum Gasteiger partial charge on any atom is 0.164 e. The van der Waals surface area contributed by atoms with Gasteiger partial charge in [0.25, 0.3) is 0 Å². The third-order valence-electron chi connectivity index (χ3n) is 5.06. The fourth-order valence-electron chi connectivity index (χ4n) is 3.64. The van der Waals surface area contributed by atoms with Crippen molar-refractivity contribution in [2.75, 3.05) is 13.7 Å². The van der Waals surface area contributed by atoms with Crippen molar-refractivity contribution in [3.63, 3.8) is 0 Å². The van der Waals surface area contributed by atoms with Gasteiger partial charge in [-0.2, -0.15) is 0 Å². The highest BCUT2D eigenvalue weighted by Crippen LogP contribution is 2.50. The second-order valence-corrected chi connectivity index (χ2v) is 6.84. The van der Waals surface area contributed by atoms with Crippen LogP contribution in [0.2, 0.25) is 0 Å². The first-order valence-corrected chi connectivity index (χ1v) is 7.58. The fraction of sp³-hybridized carbons (Fsp3) is 0.812. The minimum atomic E-state index is -2.11. The molecule has 2 aliphatic rings. The molecule has 0 aromatic heterocycles. The van der Waals surface area contributed by atoms with Gasteiger partial charge in [0.15, 0.2) is 11.4 Å². The Balaban J connectivity index is 2.45. The van der Waals surface area contributed by atoms with E-state index in [-0.39, 0.29) is 25.2 Å². The van der Waals surface area contributed by atoms with E-state index in [1.165, 1.54) is 14.0 Å². The summed E-state index contributed by atoms with van der Waals surface area (Å²) in [4.78, 5) is 12.1. The standard InChI is InChI=1S/C16H26O6/c1-10(2)5-6-12-14(3,18)16(20)13(21-4)11(17)7-8-15(16,19)9-22-12/h5,12-13,18-20H,6-9H2,1-4H3. The molecule has 5 atom stereocenters. The van der Waals surface area contributed by atoms with E-state index in [4.69, 9.17) is 9.47 Å². The molecule has 1 saturated carbocycles. The van der Waals surface area contributed by atoms with Gasteiger partial charge < -0.3 is 24.8 Å². The molecule has 0 spiro atoms. The van der Waals surface area contributed by atoms with Gasteiger partial charge in [0, 0.05) is 13.5 Å². The topological polar surface area (TPSA) is 96.2 Å². The summed E-state index contributed by atoms with van der Waals surface area (Å²) < 4.78 is 10.8. The summed E-state index contributed by atoms with van der Waals surface area (Å²) in [6.07, 6.45) is 0.358. The summed E-state index contributed by atoms with van der Waals surface area (Å²) in [6.45, 7) is 5.09. The van der Waals surface area contributed by atoms with Crippen LogP contribution >= 0.6 is 0 Å². The molecule has 1 aliphatic carbocycles. The molecule has 5 unspecified atom stereocenters. The normalized spacial score (nSPS) is 45.3. The molecule has 0 aromatic rings. The zero-order valence-electron chi connectivity index (χ0n) is 13.6. The first kappa shape index (κ1) is 17.6. The summed E-state index contributed by atoms with van der Waals surface area (Å²) in [5.41, 5.74) is -4.60. The average molecular weight is 314 g/mol. The summed E-state index contributed by atoms with van der Waals surface area (Å²) in [5, 5.41) is 33.0. The number of ether oxygens (including phenoxy) is 2. The fourth-order valence-corrected chi connectivity index (χ4v) is 3.64. The lowest BCUT2D eigenvalue weighted by Crippen LogP contribution is -2.82. The lowest BCUT2D eigenvalue weighted by atomic mass is 9.58. The Labute approximate surface area is 130 Å². The van der Waals surface area contributed by atoms with Crippen LogP contribution in [0.5, 0.6) is 0 Å². The van der Waals surface area contributed by atoms with Gasteiger partial charge in [0.2, 0.25) is 0 Å². The number of ketones is 1. The lowest BCUT2D eigenvalue weighted by molar-refractivity contribution is -0.353. The van der Waals surface area contributed by atoms with Crippen LogP contribution in [0.4, 0.5) is 0 Å². The smallest absolute Gasteiger partial charge is 0.164 e. The molecule has 6 heteroatoms. The van der Waals surface area contributed by atoms with Crippen LogP contribution in [-0.2, 0) is 14.3 Å². The molecule has 0 radical (unpaired) electrons. The van der Waals surface area contributed by atoms with Crippen LogP contribution < -0.4 is 0 Å². The van der Waals surface area contributed by atoms with Gasteiger partial charge in [-0.15, -0.1) is 0 Å². The second kappa shape index (κ2) is 5.69. The number of fused-ring (bicyclic) bond motifs is 1. The number of rotatable bonds is 3. The van der Waals surface area contributed by atoms with Crippen molar-refractivity contribution in [3.05, 3.63) is 11.6 Å². The van der Waals surface area contributed by atoms with Crippen LogP contribution in [0, 0.1) is 0 Å². The van der Waals surface area contributed by atoms with E-state index < -0.39 is 29.0 Å². The number of aliphatic hydroxyl groups is 3. The predicted octanol–water partition coefficient (Wildman–Crippen LogP) is 0.333. The van der Waals surface area contributed by atoms with Gasteiger partial charge in [-0.1, -0.05) is 11.6 Å². The number of methoxy groups -OCH3 is 1. The molecule has 3 N–H and O–H groups in total. The van der Waals surface area contributed by atoms with E-state index in [9.17, 15) is 20.1 Å². The quantitative estimate of drug-likeness (QED) is 0.650. The molecule has 6 nitrogen and oxygen atoms in total. The second-order valence-electron chi connectivity index (χ2n) is 6.84. The highest BCUT2D eigenvalue weighted by atomic mass is 16.6. The van der Waals surface area contributed by atoms with Crippen molar-refractivity contribution in [1.82, 2.24) is 0 Å². The number of carbonyl (C=O) groups is 1. The Bertz CT molecular complexity index is 481. The first-order chi connectivity index (χ1) is 10.1. The van der Waals surface area contributed by atoms with Crippen molar-refractivity contribution in [2.45, 2.75) is 69.0 Å². The van der Waals surface area contributed by atoms with Crippen molar-refractivity contribution in [1.29, 1.82) is 0 Å². The highest BCUT2D eigenvalue weighted by molar-refractivity contribution is 5.86. The summed E-state index contributed by atoms with van der Waals surface area (Å²) in [7, 11) is 1.29. The molecular weight excluding hydrogens is 288 g/mol. The molecule has 22 heavy (non-hydrogen) atoms. The SMILES string of the molecule is COC1C(=O)CCC2(O)COC(CC=C(C)C)C(C)(O)C12O. The average Bonchev–Trinajstić information content (AvgIpc) is 2.42. The van der Waals surface area contributed by atoms with E-state index in [0.717, 1.165) is 5.57 Å². The van der Waals surface area contributed by atoms with Crippen molar-refractivity contribution >= 4 is 5.78 Å². The Kier molecular flexibility index (Phi) is 4.54. The van der Waals surface area contributed by atoms with E-state index in [0.29, 0.717) is 6.42 Å². The van der Waals surface area contributed by atoms with Gasteiger partial charge in [-0.05, 0) is 33.6 Å². The van der Waals surface area contributed by atoms with Gasteiger partial charge in [-0.3, -0.25) is 4.79 Å². The largest absolute Gasteiger partial charge is 0.384 e. The Morgan fingerprint density at radius 1 is 1.41 bits per heavy atom. The minimum absolute atomic E-state index is 0.0354. The number of hydrogen-bond donors (Lipinski definition) is 3. The first-order valence-electron chi connectivity index (χ1n) is 7.58. The van der Waals surface area contributed by atoms with E-state index >= 15 is 0 Å². The molecule has 0 aromatic carbocycles. The Morgan fingerprint density at radius 2 is 2.05 bits per heavy atom. The van der Waals surface area contributed by atoms with Gasteiger partial charge in [0.05, 0.1) is 12.7 Å². The zero-order chi connectivity index (χ0) is 16.8. The van der Waals surface area contributed by atoms with Crippen LogP contribution in [0.1, 0.15) is 40.0 Å². The number of carbonyl (C=O) groups excluding carboxylic acids is 1. The molecule has 0 amide bonds. The number of Topliss-reactive ketones (excluding diaryl/α,β-unsaturated/α-hetero) is 1. The monoisotopic (exact) mass is 314 g/mol. The minimum Gasteiger partial charge on any atom is -0.384 e. The molecular formula is C16H26O6. The van der Waals surface area contributed by atoms with Crippen LogP contribution in [0.25, 0.3) is 0 Å². The van der Waals surface area contributed by atoms with Crippen LogP contribution in [0.15, 0.2) is 11.6 Å². The van der Waals surface area contributed by atoms with Crippen molar-refractivity contribution < 1.29 is 29.6 Å². The molecule has 1 aliphatic heterocycles. The van der Waals surface area contributed by atoms with E-state index in [2.05, 4.69) is 0 Å². The Morgan fingerprint density at radius 3 is 2.59 bits per heavy atom. The van der Waals surface area contributed by atoms with Gasteiger partial charge >= 0.3 is 0 Å². The maximum atomic E-state index is 12.1. The van der Waals surface area contributed by atoms with E-state index in [1.807, 2.05) is 19.9 Å².